The molecule has 6 heteroatoms. The molecule has 4 aliphatic carbocycles. The van der Waals surface area contributed by atoms with Crippen molar-refractivity contribution in [3.63, 3.8) is 0 Å². The van der Waals surface area contributed by atoms with Gasteiger partial charge in [-0.2, -0.15) is 15.0 Å². The molecule has 6 nitrogen and oxygen atoms in total. The number of ketones is 1. The highest BCUT2D eigenvalue weighted by atomic mass is 16.5. The van der Waals surface area contributed by atoms with Gasteiger partial charge in [-0.15, -0.1) is 0 Å². The van der Waals surface area contributed by atoms with E-state index in [4.69, 9.17) is 4.74 Å². The number of nitrogens with zero attached hydrogens (tertiary/aromatic N) is 3. The van der Waals surface area contributed by atoms with Crippen molar-refractivity contribution in [1.82, 2.24) is 15.0 Å². The Bertz CT molecular complexity index is 822. The van der Waals surface area contributed by atoms with E-state index < -0.39 is 5.60 Å². The summed E-state index contributed by atoms with van der Waals surface area (Å²) in [5.41, 5.74) is 0.904. The number of Topliss-reactive ketones (excluding diaryl/α,β-unsaturated/α-hetero) is 1. The fraction of sp³-hybridized carbons (Fsp3) is 0.792. The van der Waals surface area contributed by atoms with E-state index in [1.165, 1.54) is 23.2 Å². The Balaban J connectivity index is 1.33. The molecule has 0 amide bonds. The van der Waals surface area contributed by atoms with Crippen molar-refractivity contribution in [3.8, 4) is 0 Å². The number of carbonyl (C=O) groups is 1. The molecule has 0 aromatic carbocycles. The molecule has 0 bridgehead atoms. The quantitative estimate of drug-likeness (QED) is 0.749. The Labute approximate surface area is 179 Å². The lowest BCUT2D eigenvalue weighted by Gasteiger charge is -2.54. The summed E-state index contributed by atoms with van der Waals surface area (Å²) in [6, 6.07) is 0. The Kier molecular flexibility index (Phi) is 5.13. The predicted octanol–water partition coefficient (Wildman–Crippen LogP) is 3.41. The van der Waals surface area contributed by atoms with Gasteiger partial charge in [0.1, 0.15) is 6.54 Å². The molecule has 0 unspecified atom stereocenters. The number of allylic oxidation sites excluding steroid dienone is 1. The van der Waals surface area contributed by atoms with Gasteiger partial charge in [0.2, 0.25) is 0 Å². The molecule has 0 spiro atoms. The van der Waals surface area contributed by atoms with E-state index >= 15 is 0 Å². The van der Waals surface area contributed by atoms with Crippen LogP contribution >= 0.6 is 0 Å². The van der Waals surface area contributed by atoms with Gasteiger partial charge in [-0.1, -0.05) is 18.6 Å². The van der Waals surface area contributed by atoms with Gasteiger partial charge < -0.3 is 9.84 Å². The maximum absolute atomic E-state index is 13.1. The molecular formula is C24H35N3O3. The van der Waals surface area contributed by atoms with Crippen LogP contribution in [0.4, 0.5) is 0 Å². The molecule has 1 aromatic rings. The van der Waals surface area contributed by atoms with Crippen molar-refractivity contribution in [1.29, 1.82) is 0 Å². The normalized spacial score (nSPS) is 42.8. The highest BCUT2D eigenvalue weighted by Gasteiger charge is 2.57. The van der Waals surface area contributed by atoms with Crippen LogP contribution in [0.3, 0.4) is 0 Å². The lowest BCUT2D eigenvalue weighted by atomic mass is 9.51. The van der Waals surface area contributed by atoms with E-state index in [1.807, 2.05) is 0 Å². The van der Waals surface area contributed by atoms with E-state index in [-0.39, 0.29) is 11.3 Å². The molecule has 0 radical (unpaired) electrons. The monoisotopic (exact) mass is 413 g/mol. The summed E-state index contributed by atoms with van der Waals surface area (Å²) >= 11 is 0. The van der Waals surface area contributed by atoms with Crippen molar-refractivity contribution >= 4 is 5.78 Å². The predicted molar refractivity (Wildman–Crippen MR) is 112 cm³/mol. The fourth-order valence-corrected chi connectivity index (χ4v) is 7.86. The highest BCUT2D eigenvalue weighted by Crippen LogP contribution is 2.63. The molecule has 1 aromatic heterocycles. The van der Waals surface area contributed by atoms with Gasteiger partial charge in [-0.3, -0.25) is 4.79 Å². The van der Waals surface area contributed by atoms with E-state index in [2.05, 4.69) is 23.2 Å². The van der Waals surface area contributed by atoms with Crippen LogP contribution < -0.4 is 0 Å². The first-order valence-corrected chi connectivity index (χ1v) is 11.7. The number of ether oxygens (including phenoxy) is 1. The van der Waals surface area contributed by atoms with Crippen LogP contribution in [0.1, 0.15) is 58.3 Å². The summed E-state index contributed by atoms with van der Waals surface area (Å²) < 4.78 is 5.29. The lowest BCUT2D eigenvalue weighted by molar-refractivity contribution is -0.130. The summed E-state index contributed by atoms with van der Waals surface area (Å²) in [7, 11) is 1.68. The standard InChI is InChI=1S/C24H35N3O3/c1-23-9-7-18-17-8-10-24(29,15-30-2)13-16(17)3-4-19(18)20(23)5-6-21(23)22(28)14-27-25-11-12-26-27/h3,11-12,17-21,29H,4-10,13-15H2,1-2H3/t17-,18+,19+,20-,21+,23-,24+/m0/s1. The number of fused-ring (bicyclic) bond motifs is 5. The van der Waals surface area contributed by atoms with E-state index in [0.29, 0.717) is 36.7 Å². The lowest BCUT2D eigenvalue weighted by Crippen LogP contribution is -2.49. The summed E-state index contributed by atoms with van der Waals surface area (Å²) in [5.74, 6) is 3.10. The van der Waals surface area contributed by atoms with Gasteiger partial charge in [0.25, 0.3) is 0 Å². The van der Waals surface area contributed by atoms with Gasteiger partial charge in [-0.25, -0.2) is 0 Å². The van der Waals surface area contributed by atoms with E-state index in [0.717, 1.165) is 44.4 Å². The second kappa shape index (κ2) is 7.56. The molecule has 164 valence electrons. The second-order valence-electron chi connectivity index (χ2n) is 10.6. The molecule has 1 heterocycles. The number of aromatic nitrogens is 3. The van der Waals surface area contributed by atoms with Crippen molar-refractivity contribution in [2.75, 3.05) is 13.7 Å². The summed E-state index contributed by atoms with van der Waals surface area (Å²) in [5, 5.41) is 19.2. The maximum atomic E-state index is 13.1. The number of carbonyl (C=O) groups excluding carboxylic acids is 1. The summed E-state index contributed by atoms with van der Waals surface area (Å²) in [4.78, 5) is 14.7. The van der Waals surface area contributed by atoms with Crippen LogP contribution in [0.25, 0.3) is 0 Å². The third-order valence-electron chi connectivity index (χ3n) is 9.16. The number of hydrogen-bond donors (Lipinski definition) is 1. The number of hydrogen-bond acceptors (Lipinski definition) is 5. The Morgan fingerprint density at radius 3 is 2.77 bits per heavy atom. The van der Waals surface area contributed by atoms with Crippen LogP contribution in [0.5, 0.6) is 0 Å². The minimum atomic E-state index is -0.682. The van der Waals surface area contributed by atoms with E-state index in [9.17, 15) is 9.90 Å². The fourth-order valence-electron chi connectivity index (χ4n) is 7.86. The molecule has 1 N–H and O–H groups in total. The van der Waals surface area contributed by atoms with Crippen molar-refractivity contribution < 1.29 is 14.6 Å². The topological polar surface area (TPSA) is 77.2 Å². The average molecular weight is 414 g/mol. The zero-order valence-electron chi connectivity index (χ0n) is 18.3. The zero-order chi connectivity index (χ0) is 20.9. The maximum Gasteiger partial charge on any atom is 0.159 e. The van der Waals surface area contributed by atoms with Crippen molar-refractivity contribution in [2.24, 2.45) is 35.0 Å². The smallest absolute Gasteiger partial charge is 0.159 e. The second-order valence-corrected chi connectivity index (χ2v) is 10.6. The largest absolute Gasteiger partial charge is 0.387 e. The minimum absolute atomic E-state index is 0.113. The molecular weight excluding hydrogens is 378 g/mol. The molecule has 3 saturated carbocycles. The molecule has 4 aliphatic rings. The van der Waals surface area contributed by atoms with Gasteiger partial charge in [0.05, 0.1) is 24.6 Å². The number of aliphatic hydroxyl groups is 1. The van der Waals surface area contributed by atoms with E-state index in [1.54, 1.807) is 19.5 Å². The Hall–Kier alpha value is -1.53. The molecule has 7 atom stereocenters. The van der Waals surface area contributed by atoms with Crippen molar-refractivity contribution in [3.05, 3.63) is 24.0 Å². The Morgan fingerprint density at radius 1 is 1.20 bits per heavy atom. The highest BCUT2D eigenvalue weighted by molar-refractivity contribution is 5.82. The SMILES string of the molecule is COC[C@@]1(O)CC[C@H]2C(=CC[C@@H]3[C@@H]2CC[C@]2(C)[C@@H](C(=O)Cn4nccn4)CC[C@@H]32)C1. The van der Waals surface area contributed by atoms with Gasteiger partial charge in [-0.05, 0) is 80.5 Å². The van der Waals surface area contributed by atoms with Gasteiger partial charge in [0, 0.05) is 13.0 Å². The molecule has 0 saturated heterocycles. The van der Waals surface area contributed by atoms with Crippen LogP contribution in [0.2, 0.25) is 0 Å². The average Bonchev–Trinajstić information content (AvgIpc) is 3.34. The molecule has 3 fully saturated rings. The third-order valence-corrected chi connectivity index (χ3v) is 9.16. The van der Waals surface area contributed by atoms with Crippen LogP contribution in [-0.2, 0) is 16.1 Å². The molecule has 30 heavy (non-hydrogen) atoms. The molecule has 0 aliphatic heterocycles. The minimum Gasteiger partial charge on any atom is -0.387 e. The molecule has 5 rings (SSSR count). The van der Waals surface area contributed by atoms with Crippen LogP contribution in [0.15, 0.2) is 24.0 Å². The van der Waals surface area contributed by atoms with Gasteiger partial charge in [0.15, 0.2) is 5.78 Å². The van der Waals surface area contributed by atoms with Crippen LogP contribution in [0, 0.1) is 35.0 Å². The summed E-state index contributed by atoms with van der Waals surface area (Å²) in [6.07, 6.45) is 14.1. The van der Waals surface area contributed by atoms with Gasteiger partial charge >= 0.3 is 0 Å². The van der Waals surface area contributed by atoms with Crippen molar-refractivity contribution in [2.45, 2.75) is 70.4 Å². The number of methoxy groups -OCH3 is 1. The first-order chi connectivity index (χ1) is 14.4. The number of rotatable bonds is 5. The van der Waals surface area contributed by atoms with Crippen LogP contribution in [-0.4, -0.2) is 45.2 Å². The zero-order valence-corrected chi connectivity index (χ0v) is 18.3. The first-order valence-electron chi connectivity index (χ1n) is 11.7. The Morgan fingerprint density at radius 2 is 2.00 bits per heavy atom. The third kappa shape index (κ3) is 3.27. The first kappa shape index (κ1) is 20.4. The summed E-state index contributed by atoms with van der Waals surface area (Å²) in [6.45, 7) is 3.12.